The van der Waals surface area contributed by atoms with Crippen molar-refractivity contribution in [3.8, 4) is 0 Å². The molecule has 0 aliphatic heterocycles. The summed E-state index contributed by atoms with van der Waals surface area (Å²) in [5, 5.41) is 11.4. The summed E-state index contributed by atoms with van der Waals surface area (Å²) < 4.78 is 0. The molecular weight excluding hydrogens is 214 g/mol. The summed E-state index contributed by atoms with van der Waals surface area (Å²) in [4.78, 5) is 22.0. The van der Waals surface area contributed by atoms with Crippen molar-refractivity contribution in [1.82, 2.24) is 5.32 Å². The molecule has 2 N–H and O–H groups in total. The molecule has 1 aliphatic rings. The van der Waals surface area contributed by atoms with Crippen molar-refractivity contribution in [1.29, 1.82) is 0 Å². The van der Waals surface area contributed by atoms with Gasteiger partial charge >= 0.3 is 5.97 Å². The molecule has 1 saturated carbocycles. The molecule has 1 fully saturated rings. The summed E-state index contributed by atoms with van der Waals surface area (Å²) in [5.41, 5.74) is 0. The van der Waals surface area contributed by atoms with E-state index < -0.39 is 11.9 Å². The first kappa shape index (κ1) is 12.4. The molecule has 0 bridgehead atoms. The molecule has 5 heteroatoms. The van der Waals surface area contributed by atoms with Crippen LogP contribution in [0, 0.1) is 17.8 Å². The first-order chi connectivity index (χ1) is 7.06. The Balaban J connectivity index is 2.18. The number of rotatable bonds is 6. The Kier molecular flexibility index (Phi) is 4.45. The van der Waals surface area contributed by atoms with E-state index in [0.717, 1.165) is 5.75 Å². The highest BCUT2D eigenvalue weighted by Gasteiger charge is 2.48. The fourth-order valence-electron chi connectivity index (χ4n) is 1.51. The topological polar surface area (TPSA) is 66.4 Å². The summed E-state index contributed by atoms with van der Waals surface area (Å²) in [6, 6.07) is 0. The van der Waals surface area contributed by atoms with Crippen LogP contribution in [-0.2, 0) is 9.59 Å². The van der Waals surface area contributed by atoms with Crippen molar-refractivity contribution in [3.05, 3.63) is 0 Å². The van der Waals surface area contributed by atoms with Crippen molar-refractivity contribution in [2.45, 2.75) is 13.3 Å². The van der Waals surface area contributed by atoms with Crippen LogP contribution >= 0.6 is 11.8 Å². The lowest BCUT2D eigenvalue weighted by Crippen LogP contribution is -2.31. The van der Waals surface area contributed by atoms with Crippen LogP contribution in [0.4, 0.5) is 0 Å². The van der Waals surface area contributed by atoms with Crippen LogP contribution < -0.4 is 5.32 Å². The van der Waals surface area contributed by atoms with E-state index in [2.05, 4.69) is 12.2 Å². The molecule has 0 radical (unpaired) electrons. The molecule has 3 atom stereocenters. The molecule has 0 saturated heterocycles. The highest BCUT2D eigenvalue weighted by atomic mass is 32.2. The highest BCUT2D eigenvalue weighted by molar-refractivity contribution is 7.98. The number of carbonyl (C=O) groups is 2. The predicted octanol–water partition coefficient (Wildman–Crippen LogP) is 0.822. The van der Waals surface area contributed by atoms with E-state index in [-0.39, 0.29) is 11.8 Å². The number of carbonyl (C=O) groups excluding carboxylic acids is 1. The summed E-state index contributed by atoms with van der Waals surface area (Å²) in [6.45, 7) is 2.71. The van der Waals surface area contributed by atoms with Crippen LogP contribution in [-0.4, -0.2) is 35.5 Å². The standard InChI is InChI=1S/C10H17NO3S/c1-6(5-15-2)4-11-9(12)7-3-8(7)10(13)14/h6-8H,3-5H2,1-2H3,(H,11,12)(H,13,14)/t6?,7-,8+/m1/s1. The minimum absolute atomic E-state index is 0.102. The molecule has 0 aromatic carbocycles. The Morgan fingerprint density at radius 1 is 1.53 bits per heavy atom. The van der Waals surface area contributed by atoms with Gasteiger partial charge in [-0.2, -0.15) is 11.8 Å². The fraction of sp³-hybridized carbons (Fsp3) is 0.800. The van der Waals surface area contributed by atoms with Crippen molar-refractivity contribution in [3.63, 3.8) is 0 Å². The smallest absolute Gasteiger partial charge is 0.307 e. The van der Waals surface area contributed by atoms with E-state index >= 15 is 0 Å². The van der Waals surface area contributed by atoms with E-state index in [1.807, 2.05) is 6.26 Å². The van der Waals surface area contributed by atoms with Crippen LogP contribution in [0.1, 0.15) is 13.3 Å². The Hall–Kier alpha value is -0.710. The first-order valence-corrected chi connectivity index (χ1v) is 6.45. The van der Waals surface area contributed by atoms with E-state index in [9.17, 15) is 9.59 Å². The molecule has 1 aliphatic carbocycles. The molecule has 86 valence electrons. The van der Waals surface area contributed by atoms with Gasteiger partial charge in [-0.15, -0.1) is 0 Å². The third-order valence-electron chi connectivity index (χ3n) is 2.52. The van der Waals surface area contributed by atoms with Crippen LogP contribution in [0.25, 0.3) is 0 Å². The number of aliphatic carboxylic acids is 1. The van der Waals surface area contributed by atoms with Crippen molar-refractivity contribution in [2.75, 3.05) is 18.6 Å². The summed E-state index contributed by atoms with van der Waals surface area (Å²) in [7, 11) is 0. The van der Waals surface area contributed by atoms with Gasteiger partial charge in [-0.3, -0.25) is 9.59 Å². The first-order valence-electron chi connectivity index (χ1n) is 5.05. The Morgan fingerprint density at radius 2 is 2.20 bits per heavy atom. The fourth-order valence-corrected chi connectivity index (χ4v) is 2.19. The lowest BCUT2D eigenvalue weighted by molar-refractivity contribution is -0.140. The van der Waals surface area contributed by atoms with Crippen molar-refractivity contribution in [2.24, 2.45) is 17.8 Å². The molecule has 4 nitrogen and oxygen atoms in total. The zero-order chi connectivity index (χ0) is 11.4. The zero-order valence-corrected chi connectivity index (χ0v) is 9.84. The van der Waals surface area contributed by atoms with Gasteiger partial charge in [-0.1, -0.05) is 6.92 Å². The minimum atomic E-state index is -0.854. The van der Waals surface area contributed by atoms with Crippen LogP contribution in [0.2, 0.25) is 0 Å². The summed E-state index contributed by atoms with van der Waals surface area (Å²) in [5.74, 6) is -0.244. The van der Waals surface area contributed by atoms with Gasteiger partial charge in [0.15, 0.2) is 0 Å². The molecule has 0 aromatic rings. The van der Waals surface area contributed by atoms with E-state index in [4.69, 9.17) is 5.11 Å². The highest BCUT2D eigenvalue weighted by Crippen LogP contribution is 2.38. The quantitative estimate of drug-likeness (QED) is 0.710. The van der Waals surface area contributed by atoms with Crippen molar-refractivity contribution >= 4 is 23.6 Å². The number of carboxylic acid groups (broad SMARTS) is 1. The van der Waals surface area contributed by atoms with Gasteiger partial charge < -0.3 is 10.4 Å². The third-order valence-corrected chi connectivity index (χ3v) is 3.42. The summed E-state index contributed by atoms with van der Waals surface area (Å²) >= 11 is 1.75. The Bertz CT molecular complexity index is 257. The Labute approximate surface area is 93.8 Å². The van der Waals surface area contributed by atoms with Gasteiger partial charge in [-0.25, -0.2) is 0 Å². The van der Waals surface area contributed by atoms with Crippen LogP contribution in [0.5, 0.6) is 0 Å². The van der Waals surface area contributed by atoms with Gasteiger partial charge in [0.2, 0.25) is 5.91 Å². The lowest BCUT2D eigenvalue weighted by atomic mass is 10.2. The second kappa shape index (κ2) is 5.39. The molecular formula is C10H17NO3S. The van der Waals surface area contributed by atoms with Crippen molar-refractivity contribution < 1.29 is 14.7 Å². The van der Waals surface area contributed by atoms with Gasteiger partial charge in [-0.05, 0) is 24.3 Å². The lowest BCUT2D eigenvalue weighted by Gasteiger charge is -2.10. The second-order valence-corrected chi connectivity index (χ2v) is 5.00. The molecule has 1 amide bonds. The normalized spacial score (nSPS) is 25.7. The van der Waals surface area contributed by atoms with E-state index in [1.54, 1.807) is 11.8 Å². The summed E-state index contributed by atoms with van der Waals surface area (Å²) in [6.07, 6.45) is 2.53. The van der Waals surface area contributed by atoms with Gasteiger partial charge in [0.05, 0.1) is 11.8 Å². The largest absolute Gasteiger partial charge is 0.481 e. The molecule has 0 aromatic heterocycles. The number of amides is 1. The molecule has 15 heavy (non-hydrogen) atoms. The minimum Gasteiger partial charge on any atom is -0.481 e. The predicted molar refractivity (Wildman–Crippen MR) is 59.8 cm³/mol. The number of nitrogens with one attached hydrogen (secondary N) is 1. The monoisotopic (exact) mass is 231 g/mol. The zero-order valence-electron chi connectivity index (χ0n) is 9.03. The molecule has 1 rings (SSSR count). The Morgan fingerprint density at radius 3 is 2.67 bits per heavy atom. The maximum Gasteiger partial charge on any atom is 0.307 e. The molecule has 1 unspecified atom stereocenters. The number of thioether (sulfide) groups is 1. The third kappa shape index (κ3) is 3.74. The molecule has 0 spiro atoms. The van der Waals surface area contributed by atoms with Gasteiger partial charge in [0.25, 0.3) is 0 Å². The van der Waals surface area contributed by atoms with E-state index in [0.29, 0.717) is 18.9 Å². The van der Waals surface area contributed by atoms with Crippen LogP contribution in [0.15, 0.2) is 0 Å². The van der Waals surface area contributed by atoms with Gasteiger partial charge in [0, 0.05) is 6.54 Å². The average Bonchev–Trinajstić information content (AvgIpc) is 2.94. The maximum atomic E-state index is 11.4. The number of hydrogen-bond donors (Lipinski definition) is 2. The number of carboxylic acids is 1. The van der Waals surface area contributed by atoms with Crippen LogP contribution in [0.3, 0.4) is 0 Å². The molecule has 0 heterocycles. The average molecular weight is 231 g/mol. The van der Waals surface area contributed by atoms with E-state index in [1.165, 1.54) is 0 Å². The number of hydrogen-bond acceptors (Lipinski definition) is 3. The second-order valence-electron chi connectivity index (χ2n) is 4.09. The van der Waals surface area contributed by atoms with Gasteiger partial charge in [0.1, 0.15) is 0 Å². The maximum absolute atomic E-state index is 11.4. The SMILES string of the molecule is CSCC(C)CNC(=O)[C@@H]1C[C@@H]1C(=O)O.